The van der Waals surface area contributed by atoms with Crippen LogP contribution in [0.5, 0.6) is 5.75 Å². The Hall–Kier alpha value is -3.56. The molecule has 0 aromatic heterocycles. The molecule has 0 aliphatic carbocycles. The van der Waals surface area contributed by atoms with E-state index >= 15 is 0 Å². The summed E-state index contributed by atoms with van der Waals surface area (Å²) in [6, 6.07) is 15.2. The number of hydrogen-bond acceptors (Lipinski definition) is 7. The van der Waals surface area contributed by atoms with Crippen LogP contribution in [0.4, 0.5) is 10.5 Å². The van der Waals surface area contributed by atoms with Gasteiger partial charge in [-0.1, -0.05) is 18.2 Å². The third kappa shape index (κ3) is 5.67. The van der Waals surface area contributed by atoms with Gasteiger partial charge in [0.25, 0.3) is 0 Å². The predicted molar refractivity (Wildman–Crippen MR) is 132 cm³/mol. The molecular weight excluding hydrogens is 454 g/mol. The molecule has 1 heterocycles. The van der Waals surface area contributed by atoms with Crippen molar-refractivity contribution in [3.63, 3.8) is 0 Å². The molecule has 9 heteroatoms. The number of esters is 1. The van der Waals surface area contributed by atoms with Crippen molar-refractivity contribution in [3.05, 3.63) is 72.6 Å². The normalized spacial score (nSPS) is 17.1. The number of thiocarbonyl (C=S) groups is 1. The lowest BCUT2D eigenvalue weighted by molar-refractivity contribution is -0.220. The average molecular weight is 482 g/mol. The molecule has 0 bridgehead atoms. The van der Waals surface area contributed by atoms with E-state index in [1.165, 1.54) is 11.1 Å². The lowest BCUT2D eigenvalue weighted by atomic mass is 10.2. The van der Waals surface area contributed by atoms with Gasteiger partial charge in [0, 0.05) is 25.7 Å². The number of amidine groups is 1. The van der Waals surface area contributed by atoms with E-state index in [9.17, 15) is 14.7 Å². The van der Waals surface area contributed by atoms with Crippen LogP contribution in [0.25, 0.3) is 0 Å². The number of carbonyl (C=O) groups is 2. The Labute approximate surface area is 204 Å². The van der Waals surface area contributed by atoms with Gasteiger partial charge < -0.3 is 19.5 Å². The van der Waals surface area contributed by atoms with E-state index in [1.807, 2.05) is 6.07 Å². The number of ether oxygens (including phenoxy) is 2. The summed E-state index contributed by atoms with van der Waals surface area (Å²) in [6.07, 6.45) is 2.96. The van der Waals surface area contributed by atoms with E-state index in [2.05, 4.69) is 4.99 Å². The van der Waals surface area contributed by atoms with E-state index in [1.54, 1.807) is 82.5 Å². The Morgan fingerprint density at radius 3 is 2.32 bits per heavy atom. The zero-order chi connectivity index (χ0) is 24.9. The summed E-state index contributed by atoms with van der Waals surface area (Å²) in [5, 5.41) is 12.1. The van der Waals surface area contributed by atoms with Gasteiger partial charge in [-0.05, 0) is 57.3 Å². The third-order valence-corrected chi connectivity index (χ3v) is 5.34. The summed E-state index contributed by atoms with van der Waals surface area (Å²) in [7, 11) is 1.62. The zero-order valence-corrected chi connectivity index (χ0v) is 20.4. The van der Waals surface area contributed by atoms with Crippen molar-refractivity contribution in [3.8, 4) is 5.75 Å². The summed E-state index contributed by atoms with van der Waals surface area (Å²) in [6.45, 7) is 5.66. The fourth-order valence-electron chi connectivity index (χ4n) is 3.33. The average Bonchev–Trinajstić information content (AvgIpc) is 3.22. The van der Waals surface area contributed by atoms with Crippen LogP contribution in [0, 0.1) is 0 Å². The maximum absolute atomic E-state index is 12.7. The molecule has 0 saturated heterocycles. The lowest BCUT2D eigenvalue weighted by Gasteiger charge is -2.34. The van der Waals surface area contributed by atoms with E-state index in [-0.39, 0.29) is 11.0 Å². The Balaban J connectivity index is 1.74. The standard InChI is InChI=1S/C25H27N3O5S/c1-25(2,3)33-23(30)27(4)16-14-21-26-15-17-28(21,24(31)34)19-10-12-20(13-11-19)32-22(29)18-8-6-5-7-9-18/h5-13,15,17H,14,16H2,1-4H3. The summed E-state index contributed by atoms with van der Waals surface area (Å²) < 4.78 is 10.4. The van der Waals surface area contributed by atoms with Crippen molar-refractivity contribution in [1.29, 1.82) is 0 Å². The fourth-order valence-corrected chi connectivity index (χ4v) is 3.60. The van der Waals surface area contributed by atoms with Crippen LogP contribution in [0.2, 0.25) is 0 Å². The minimum absolute atomic E-state index is 0.283. The Morgan fingerprint density at radius 2 is 1.74 bits per heavy atom. The van der Waals surface area contributed by atoms with Crippen molar-refractivity contribution >= 4 is 41.0 Å². The molecule has 1 amide bonds. The molecule has 0 radical (unpaired) electrons. The molecule has 34 heavy (non-hydrogen) atoms. The third-order valence-electron chi connectivity index (χ3n) is 5.05. The van der Waals surface area contributed by atoms with Crippen LogP contribution in [0.3, 0.4) is 0 Å². The highest BCUT2D eigenvalue weighted by molar-refractivity contribution is 7.80. The molecule has 1 aliphatic heterocycles. The second-order valence-electron chi connectivity index (χ2n) is 8.73. The van der Waals surface area contributed by atoms with Gasteiger partial charge in [0.2, 0.25) is 5.84 Å². The van der Waals surface area contributed by atoms with Crippen LogP contribution in [0.15, 0.2) is 72.0 Å². The smallest absolute Gasteiger partial charge is 0.410 e. The van der Waals surface area contributed by atoms with Gasteiger partial charge >= 0.3 is 12.1 Å². The topological polar surface area (TPSA) is 91.3 Å². The minimum Gasteiger partial charge on any atom is -0.821 e. The Kier molecular flexibility index (Phi) is 7.48. The van der Waals surface area contributed by atoms with Crippen molar-refractivity contribution in [2.75, 3.05) is 13.6 Å². The quantitative estimate of drug-likeness (QED) is 0.268. The summed E-state index contributed by atoms with van der Waals surface area (Å²) in [5.41, 5.74) is 0.369. The number of nitrogens with zero attached hydrogens (tertiary/aromatic N) is 3. The van der Waals surface area contributed by atoms with Gasteiger partial charge in [-0.25, -0.2) is 14.6 Å². The van der Waals surface area contributed by atoms with Crippen LogP contribution < -0.4 is 14.3 Å². The highest BCUT2D eigenvalue weighted by Crippen LogP contribution is 2.31. The molecule has 2 aromatic rings. The van der Waals surface area contributed by atoms with Gasteiger partial charge in [0.15, 0.2) is 5.17 Å². The first-order valence-electron chi connectivity index (χ1n) is 10.7. The Bertz CT molecular complexity index is 1120. The molecule has 0 fully saturated rings. The number of rotatable bonds is 6. The maximum Gasteiger partial charge on any atom is 0.410 e. The molecule has 2 aromatic carbocycles. The number of quaternary nitrogens is 1. The van der Waals surface area contributed by atoms with E-state index in [0.717, 1.165) is 0 Å². The molecule has 0 saturated carbocycles. The van der Waals surface area contributed by atoms with Crippen molar-refractivity contribution in [1.82, 2.24) is 9.38 Å². The van der Waals surface area contributed by atoms with Gasteiger partial charge in [0.1, 0.15) is 23.2 Å². The summed E-state index contributed by atoms with van der Waals surface area (Å²) in [5.74, 6) is 0.327. The predicted octanol–water partition coefficient (Wildman–Crippen LogP) is 4.00. The monoisotopic (exact) mass is 481 g/mol. The van der Waals surface area contributed by atoms with E-state index in [4.69, 9.17) is 21.7 Å². The number of aliphatic imine (C=N–C) groups is 1. The van der Waals surface area contributed by atoms with Crippen molar-refractivity contribution in [2.24, 2.45) is 4.99 Å². The second-order valence-corrected chi connectivity index (χ2v) is 9.08. The highest BCUT2D eigenvalue weighted by Gasteiger charge is 2.39. The Morgan fingerprint density at radius 1 is 1.09 bits per heavy atom. The SMILES string of the molecule is CN(CCC1=NC=C[N+]1(C([O-])=S)c1ccc(OC(=O)c2ccccc2)cc1)C(=O)OC(C)(C)C. The molecule has 0 N–H and O–H groups in total. The van der Waals surface area contributed by atoms with Gasteiger partial charge in [-0.2, -0.15) is 4.48 Å². The molecule has 0 spiro atoms. The fraction of sp³-hybridized carbons (Fsp3) is 0.280. The van der Waals surface area contributed by atoms with Gasteiger partial charge in [0.05, 0.1) is 18.2 Å². The number of carbonyl (C=O) groups excluding carboxylic acids is 2. The number of benzene rings is 2. The van der Waals surface area contributed by atoms with Crippen LogP contribution in [0.1, 0.15) is 37.6 Å². The molecule has 1 aliphatic rings. The second kappa shape index (κ2) is 10.1. The van der Waals surface area contributed by atoms with Crippen LogP contribution >= 0.6 is 12.2 Å². The first kappa shape index (κ1) is 25.1. The largest absolute Gasteiger partial charge is 0.821 e. The lowest BCUT2D eigenvalue weighted by Crippen LogP contribution is -2.57. The van der Waals surface area contributed by atoms with Crippen LogP contribution in [-0.2, 0) is 4.74 Å². The van der Waals surface area contributed by atoms with Crippen LogP contribution in [-0.4, -0.2) is 47.2 Å². The maximum atomic E-state index is 12.7. The van der Waals surface area contributed by atoms with Crippen molar-refractivity contribution in [2.45, 2.75) is 32.8 Å². The zero-order valence-electron chi connectivity index (χ0n) is 19.6. The van der Waals surface area contributed by atoms with Gasteiger partial charge in [-0.3, -0.25) is 0 Å². The minimum atomic E-state index is -0.611. The van der Waals surface area contributed by atoms with E-state index < -0.39 is 22.8 Å². The number of amides is 1. The van der Waals surface area contributed by atoms with E-state index in [0.29, 0.717) is 29.3 Å². The summed E-state index contributed by atoms with van der Waals surface area (Å²) in [4.78, 5) is 30.4. The van der Waals surface area contributed by atoms with Gasteiger partial charge in [-0.15, -0.1) is 0 Å². The highest BCUT2D eigenvalue weighted by atomic mass is 32.1. The number of hydrogen-bond donors (Lipinski definition) is 0. The first-order chi connectivity index (χ1) is 16.0. The molecule has 1 unspecified atom stereocenters. The first-order valence-corrected chi connectivity index (χ1v) is 11.1. The molecular formula is C25H27N3O5S. The molecule has 8 nitrogen and oxygen atoms in total. The molecule has 178 valence electrons. The summed E-state index contributed by atoms with van der Waals surface area (Å²) >= 11 is 5.09. The van der Waals surface area contributed by atoms with Crippen molar-refractivity contribution < 1.29 is 24.2 Å². The molecule has 1 atom stereocenters. The molecule has 3 rings (SSSR count).